The molecule has 0 fully saturated rings. The van der Waals surface area contributed by atoms with Gasteiger partial charge in [-0.15, -0.1) is 12.4 Å². The molecule has 3 aromatic rings. The topological polar surface area (TPSA) is 62.6 Å². The highest BCUT2D eigenvalue weighted by atomic mass is 35.5. The van der Waals surface area contributed by atoms with Gasteiger partial charge >= 0.3 is 0 Å². The van der Waals surface area contributed by atoms with Crippen molar-refractivity contribution in [3.05, 3.63) is 80.7 Å². The van der Waals surface area contributed by atoms with Crippen LogP contribution >= 0.6 is 24.0 Å². The predicted molar refractivity (Wildman–Crippen MR) is 115 cm³/mol. The number of hydrogen-bond acceptors (Lipinski definition) is 4. The van der Waals surface area contributed by atoms with Crippen LogP contribution in [0, 0.1) is 6.92 Å². The van der Waals surface area contributed by atoms with Gasteiger partial charge in [-0.3, -0.25) is 9.59 Å². The standard InChI is InChI=1S/C21H21ClN2O3.ClH/c1-13-9-19-15(10-16(13)22)18(25)11-20(27-19)21(26)23-12-17(24(2)3)14-7-5-4-6-8-14;/h4-11,17H,12H2,1-3H3,(H,23,26);1H. The monoisotopic (exact) mass is 420 g/mol. The van der Waals surface area contributed by atoms with Crippen molar-refractivity contribution in [1.29, 1.82) is 0 Å². The second-order valence-corrected chi connectivity index (χ2v) is 7.08. The molecule has 28 heavy (non-hydrogen) atoms. The summed E-state index contributed by atoms with van der Waals surface area (Å²) >= 11 is 6.07. The van der Waals surface area contributed by atoms with E-state index in [0.717, 1.165) is 11.1 Å². The van der Waals surface area contributed by atoms with Crippen molar-refractivity contribution in [3.63, 3.8) is 0 Å². The molecule has 1 aromatic heterocycles. The van der Waals surface area contributed by atoms with E-state index >= 15 is 0 Å². The molecule has 2 aromatic carbocycles. The molecule has 1 N–H and O–H groups in total. The molecule has 0 spiro atoms. The van der Waals surface area contributed by atoms with Crippen LogP contribution in [-0.2, 0) is 0 Å². The third-order valence-electron chi connectivity index (χ3n) is 4.50. The number of amides is 1. The second kappa shape index (κ2) is 9.24. The Kier molecular flexibility index (Phi) is 7.24. The molecule has 0 aliphatic rings. The fraction of sp³-hybridized carbons (Fsp3) is 0.238. The van der Waals surface area contributed by atoms with E-state index in [1.54, 1.807) is 12.1 Å². The molecular weight excluding hydrogens is 399 g/mol. The molecule has 0 aliphatic carbocycles. The average molecular weight is 421 g/mol. The molecule has 0 aliphatic heterocycles. The average Bonchev–Trinajstić information content (AvgIpc) is 2.64. The van der Waals surface area contributed by atoms with E-state index in [-0.39, 0.29) is 29.6 Å². The fourth-order valence-corrected chi connectivity index (χ4v) is 3.10. The van der Waals surface area contributed by atoms with Crippen molar-refractivity contribution in [2.24, 2.45) is 0 Å². The largest absolute Gasteiger partial charge is 0.451 e. The van der Waals surface area contributed by atoms with E-state index in [2.05, 4.69) is 5.32 Å². The smallest absolute Gasteiger partial charge is 0.287 e. The Balaban J connectivity index is 0.00000280. The van der Waals surface area contributed by atoms with Crippen LogP contribution in [0.25, 0.3) is 11.0 Å². The van der Waals surface area contributed by atoms with Crippen LogP contribution in [0.4, 0.5) is 0 Å². The Morgan fingerprint density at radius 3 is 2.50 bits per heavy atom. The van der Waals surface area contributed by atoms with Crippen molar-refractivity contribution in [2.45, 2.75) is 13.0 Å². The number of likely N-dealkylation sites (N-methyl/N-ethyl adjacent to an activating group) is 1. The summed E-state index contributed by atoms with van der Waals surface area (Å²) in [5.74, 6) is -0.441. The first kappa shape index (κ1) is 22.0. The number of fused-ring (bicyclic) bond motifs is 1. The molecule has 1 amide bonds. The first-order chi connectivity index (χ1) is 12.9. The number of hydrogen-bond donors (Lipinski definition) is 1. The van der Waals surface area contributed by atoms with E-state index in [0.29, 0.717) is 22.5 Å². The van der Waals surface area contributed by atoms with Gasteiger partial charge < -0.3 is 14.6 Å². The van der Waals surface area contributed by atoms with Crippen LogP contribution in [0.15, 0.2) is 57.7 Å². The Morgan fingerprint density at radius 1 is 1.18 bits per heavy atom. The number of carbonyl (C=O) groups is 1. The van der Waals surface area contributed by atoms with E-state index in [1.807, 2.05) is 56.3 Å². The maximum atomic E-state index is 12.6. The molecule has 148 valence electrons. The van der Waals surface area contributed by atoms with E-state index in [4.69, 9.17) is 16.0 Å². The molecule has 1 unspecified atom stereocenters. The van der Waals surface area contributed by atoms with Crippen molar-refractivity contribution >= 4 is 40.9 Å². The lowest BCUT2D eigenvalue weighted by atomic mass is 10.1. The fourth-order valence-electron chi connectivity index (χ4n) is 2.94. The number of rotatable bonds is 5. The summed E-state index contributed by atoms with van der Waals surface area (Å²) in [6.45, 7) is 2.20. The lowest BCUT2D eigenvalue weighted by Gasteiger charge is -2.25. The van der Waals surface area contributed by atoms with Gasteiger partial charge in [-0.05, 0) is 44.3 Å². The summed E-state index contributed by atoms with van der Waals surface area (Å²) in [6, 6.07) is 14.3. The Hall–Kier alpha value is -2.34. The molecule has 7 heteroatoms. The summed E-state index contributed by atoms with van der Waals surface area (Å²) in [5.41, 5.74) is 1.92. The SMILES string of the molecule is Cc1cc2oc(C(=O)NCC(c3ccccc3)N(C)C)cc(=O)c2cc1Cl.Cl. The van der Waals surface area contributed by atoms with Gasteiger partial charge in [-0.1, -0.05) is 41.9 Å². The zero-order valence-corrected chi connectivity index (χ0v) is 17.4. The second-order valence-electron chi connectivity index (χ2n) is 6.67. The number of benzene rings is 2. The predicted octanol–water partition coefficient (Wildman–Crippen LogP) is 4.21. The number of nitrogens with one attached hydrogen (secondary N) is 1. The Bertz CT molecular complexity index is 1030. The molecule has 1 heterocycles. The zero-order chi connectivity index (χ0) is 19.6. The minimum Gasteiger partial charge on any atom is -0.451 e. The van der Waals surface area contributed by atoms with Crippen LogP contribution in [0.5, 0.6) is 0 Å². The van der Waals surface area contributed by atoms with Crippen LogP contribution < -0.4 is 10.7 Å². The summed E-state index contributed by atoms with van der Waals surface area (Å²) in [4.78, 5) is 26.9. The quantitative estimate of drug-likeness (QED) is 0.671. The summed E-state index contributed by atoms with van der Waals surface area (Å²) in [6.07, 6.45) is 0. The highest BCUT2D eigenvalue weighted by Gasteiger charge is 2.18. The van der Waals surface area contributed by atoms with Gasteiger partial charge in [0.2, 0.25) is 0 Å². The first-order valence-corrected chi connectivity index (χ1v) is 8.98. The van der Waals surface area contributed by atoms with Gasteiger partial charge in [0.05, 0.1) is 11.4 Å². The van der Waals surface area contributed by atoms with Crippen molar-refractivity contribution in [2.75, 3.05) is 20.6 Å². The van der Waals surface area contributed by atoms with Gasteiger partial charge in [-0.25, -0.2) is 0 Å². The van der Waals surface area contributed by atoms with E-state index in [1.165, 1.54) is 6.07 Å². The molecule has 5 nitrogen and oxygen atoms in total. The number of halogens is 2. The highest BCUT2D eigenvalue weighted by Crippen LogP contribution is 2.22. The minimum absolute atomic E-state index is 0. The zero-order valence-electron chi connectivity index (χ0n) is 15.9. The number of aryl methyl sites for hydroxylation is 1. The molecule has 3 rings (SSSR count). The van der Waals surface area contributed by atoms with E-state index < -0.39 is 5.91 Å². The molecular formula is C21H22Cl2N2O3. The lowest BCUT2D eigenvalue weighted by Crippen LogP contribution is -2.34. The van der Waals surface area contributed by atoms with Gasteiger partial charge in [-0.2, -0.15) is 0 Å². The number of carbonyl (C=O) groups excluding carboxylic acids is 1. The maximum Gasteiger partial charge on any atom is 0.287 e. The molecule has 0 bridgehead atoms. The maximum absolute atomic E-state index is 12.6. The van der Waals surface area contributed by atoms with Gasteiger partial charge in [0.1, 0.15) is 5.58 Å². The van der Waals surface area contributed by atoms with Gasteiger partial charge in [0, 0.05) is 17.6 Å². The molecule has 1 atom stereocenters. The molecule has 0 saturated heterocycles. The van der Waals surface area contributed by atoms with Crippen molar-refractivity contribution < 1.29 is 9.21 Å². The Labute approximate surface area is 174 Å². The highest BCUT2D eigenvalue weighted by molar-refractivity contribution is 6.32. The van der Waals surface area contributed by atoms with Crippen molar-refractivity contribution in [3.8, 4) is 0 Å². The number of nitrogens with zero attached hydrogens (tertiary/aromatic N) is 1. The molecule has 0 radical (unpaired) electrons. The third-order valence-corrected chi connectivity index (χ3v) is 4.90. The van der Waals surface area contributed by atoms with Gasteiger partial charge in [0.25, 0.3) is 5.91 Å². The van der Waals surface area contributed by atoms with Crippen LogP contribution in [0.2, 0.25) is 5.02 Å². The van der Waals surface area contributed by atoms with Crippen LogP contribution in [0.1, 0.15) is 27.7 Å². The van der Waals surface area contributed by atoms with Gasteiger partial charge in [0.15, 0.2) is 11.2 Å². The first-order valence-electron chi connectivity index (χ1n) is 8.60. The molecule has 0 saturated carbocycles. The van der Waals surface area contributed by atoms with E-state index in [9.17, 15) is 9.59 Å². The Morgan fingerprint density at radius 2 is 1.86 bits per heavy atom. The van der Waals surface area contributed by atoms with Crippen LogP contribution in [-0.4, -0.2) is 31.4 Å². The summed E-state index contributed by atoms with van der Waals surface area (Å²) in [7, 11) is 3.90. The lowest BCUT2D eigenvalue weighted by molar-refractivity contribution is 0.0914. The summed E-state index contributed by atoms with van der Waals surface area (Å²) in [5, 5.41) is 3.71. The van der Waals surface area contributed by atoms with Crippen molar-refractivity contribution in [1.82, 2.24) is 10.2 Å². The third kappa shape index (κ3) is 4.73. The minimum atomic E-state index is -0.426. The van der Waals surface area contributed by atoms with Crippen LogP contribution in [0.3, 0.4) is 0 Å². The summed E-state index contributed by atoms with van der Waals surface area (Å²) < 4.78 is 5.65. The normalized spacial score (nSPS) is 11.9.